The third-order valence-corrected chi connectivity index (χ3v) is 6.23. The molecular weight excluding hydrogens is 422 g/mol. The molecule has 4 rings (SSSR count). The van der Waals surface area contributed by atoms with Gasteiger partial charge in [0.2, 0.25) is 5.91 Å². The molecule has 0 bridgehead atoms. The maximum absolute atomic E-state index is 13.1. The molecule has 2 N–H and O–H groups in total. The number of methoxy groups -OCH3 is 1. The standard InChI is InChI=1S/C20H19N5O3S2/c1-12-9-16(24-23-12)22-17(26)11-30-20-21-14-7-8-29-18(14)19(27)25(20)10-13-5-3-4-6-15(13)28-2/h3-9H,10-11H2,1-2H3,(H2,22,23,24,26). The van der Waals surface area contributed by atoms with E-state index in [1.54, 1.807) is 17.7 Å². The van der Waals surface area contributed by atoms with Crippen LogP contribution in [0.1, 0.15) is 11.3 Å². The summed E-state index contributed by atoms with van der Waals surface area (Å²) in [4.78, 5) is 30.1. The molecule has 154 valence electrons. The minimum absolute atomic E-state index is 0.0971. The highest BCUT2D eigenvalue weighted by Gasteiger charge is 2.16. The molecule has 0 aliphatic carbocycles. The smallest absolute Gasteiger partial charge is 0.272 e. The Morgan fingerprint density at radius 3 is 2.93 bits per heavy atom. The fourth-order valence-corrected chi connectivity index (χ4v) is 4.55. The van der Waals surface area contributed by atoms with Crippen molar-refractivity contribution < 1.29 is 9.53 Å². The number of carbonyl (C=O) groups is 1. The number of benzene rings is 1. The van der Waals surface area contributed by atoms with Gasteiger partial charge in [-0.1, -0.05) is 30.0 Å². The van der Waals surface area contributed by atoms with Crippen LogP contribution in [0.15, 0.2) is 51.7 Å². The Labute approximate surface area is 180 Å². The monoisotopic (exact) mass is 441 g/mol. The van der Waals surface area contributed by atoms with Gasteiger partial charge in [-0.05, 0) is 24.4 Å². The van der Waals surface area contributed by atoms with Crippen molar-refractivity contribution in [3.05, 3.63) is 63.4 Å². The van der Waals surface area contributed by atoms with Gasteiger partial charge in [0.05, 0.1) is 24.9 Å². The first-order chi connectivity index (χ1) is 14.5. The molecule has 0 saturated heterocycles. The van der Waals surface area contributed by atoms with E-state index < -0.39 is 0 Å². The van der Waals surface area contributed by atoms with Crippen molar-refractivity contribution in [2.24, 2.45) is 0 Å². The number of rotatable bonds is 7. The first-order valence-corrected chi connectivity index (χ1v) is 11.0. The van der Waals surface area contributed by atoms with Crippen LogP contribution in [0.4, 0.5) is 5.82 Å². The van der Waals surface area contributed by atoms with E-state index in [2.05, 4.69) is 20.5 Å². The molecule has 0 saturated carbocycles. The second kappa shape index (κ2) is 8.72. The molecule has 0 aliphatic heterocycles. The van der Waals surface area contributed by atoms with Gasteiger partial charge >= 0.3 is 0 Å². The first kappa shape index (κ1) is 20.2. The summed E-state index contributed by atoms with van der Waals surface area (Å²) in [6.45, 7) is 2.15. The van der Waals surface area contributed by atoms with Crippen LogP contribution in [0.5, 0.6) is 5.75 Å². The first-order valence-electron chi connectivity index (χ1n) is 9.09. The van der Waals surface area contributed by atoms with Gasteiger partial charge in [0, 0.05) is 17.3 Å². The zero-order chi connectivity index (χ0) is 21.1. The number of fused-ring (bicyclic) bond motifs is 1. The molecule has 4 aromatic rings. The topological polar surface area (TPSA) is 102 Å². The minimum atomic E-state index is -0.227. The number of anilines is 1. The van der Waals surface area contributed by atoms with Gasteiger partial charge in [-0.15, -0.1) is 11.3 Å². The number of nitrogens with one attached hydrogen (secondary N) is 2. The van der Waals surface area contributed by atoms with Gasteiger partial charge in [-0.3, -0.25) is 19.3 Å². The predicted octanol–water partition coefficient (Wildman–Crippen LogP) is 3.28. The number of aryl methyl sites for hydroxylation is 1. The summed E-state index contributed by atoms with van der Waals surface area (Å²) in [7, 11) is 1.60. The Bertz CT molecular complexity index is 1260. The second-order valence-corrected chi connectivity index (χ2v) is 8.36. The van der Waals surface area contributed by atoms with E-state index in [0.29, 0.717) is 33.5 Å². The Kier molecular flexibility index (Phi) is 5.86. The quantitative estimate of drug-likeness (QED) is 0.337. The number of thiophene rings is 1. The van der Waals surface area contributed by atoms with Gasteiger partial charge < -0.3 is 10.1 Å². The molecule has 0 aliphatic rings. The predicted molar refractivity (Wildman–Crippen MR) is 119 cm³/mol. The molecule has 0 atom stereocenters. The number of nitrogens with zero attached hydrogens (tertiary/aromatic N) is 3. The number of para-hydroxylation sites is 1. The second-order valence-electron chi connectivity index (χ2n) is 6.51. The van der Waals surface area contributed by atoms with E-state index in [1.807, 2.05) is 42.6 Å². The lowest BCUT2D eigenvalue weighted by molar-refractivity contribution is -0.113. The number of aromatic amines is 1. The molecule has 30 heavy (non-hydrogen) atoms. The molecule has 0 spiro atoms. The Balaban J connectivity index is 1.62. The summed E-state index contributed by atoms with van der Waals surface area (Å²) in [6, 6.07) is 11.1. The lowest BCUT2D eigenvalue weighted by atomic mass is 10.2. The molecular formula is C20H19N5O3S2. The van der Waals surface area contributed by atoms with E-state index in [-0.39, 0.29) is 17.2 Å². The van der Waals surface area contributed by atoms with Crippen molar-refractivity contribution in [2.45, 2.75) is 18.6 Å². The largest absolute Gasteiger partial charge is 0.496 e. The van der Waals surface area contributed by atoms with Gasteiger partial charge in [-0.25, -0.2) is 4.98 Å². The van der Waals surface area contributed by atoms with Crippen LogP contribution in [0.2, 0.25) is 0 Å². The zero-order valence-corrected chi connectivity index (χ0v) is 18.0. The molecule has 1 amide bonds. The SMILES string of the molecule is COc1ccccc1Cn1c(SCC(=O)Nc2cc(C)[nH]n2)nc2ccsc2c1=O. The van der Waals surface area contributed by atoms with Crippen LogP contribution in [-0.2, 0) is 11.3 Å². The van der Waals surface area contributed by atoms with Crippen LogP contribution in [-0.4, -0.2) is 38.5 Å². The number of hydrogen-bond acceptors (Lipinski definition) is 7. The Hall–Kier alpha value is -3.11. The third kappa shape index (κ3) is 4.24. The Morgan fingerprint density at radius 2 is 2.17 bits per heavy atom. The maximum atomic E-state index is 13.1. The Morgan fingerprint density at radius 1 is 1.33 bits per heavy atom. The van der Waals surface area contributed by atoms with Crippen LogP contribution >= 0.6 is 23.1 Å². The number of carbonyl (C=O) groups excluding carboxylic acids is 1. The lowest BCUT2D eigenvalue weighted by Gasteiger charge is -2.14. The van der Waals surface area contributed by atoms with Crippen LogP contribution < -0.4 is 15.6 Å². The van der Waals surface area contributed by atoms with Gasteiger partial charge in [-0.2, -0.15) is 5.10 Å². The van der Waals surface area contributed by atoms with E-state index in [4.69, 9.17) is 4.74 Å². The average molecular weight is 442 g/mol. The summed E-state index contributed by atoms with van der Waals surface area (Å²) < 4.78 is 7.60. The molecule has 0 unspecified atom stereocenters. The summed E-state index contributed by atoms with van der Waals surface area (Å²) in [5.74, 6) is 1.03. The van der Waals surface area contributed by atoms with Crippen LogP contribution in [0.3, 0.4) is 0 Å². The van der Waals surface area contributed by atoms with Crippen LogP contribution in [0.25, 0.3) is 10.2 Å². The molecule has 0 radical (unpaired) electrons. The third-order valence-electron chi connectivity index (χ3n) is 4.36. The highest BCUT2D eigenvalue weighted by atomic mass is 32.2. The van der Waals surface area contributed by atoms with Crippen molar-refractivity contribution >= 4 is 45.0 Å². The molecule has 8 nitrogen and oxygen atoms in total. The number of hydrogen-bond donors (Lipinski definition) is 2. The maximum Gasteiger partial charge on any atom is 0.272 e. The van der Waals surface area contributed by atoms with Crippen molar-refractivity contribution in [2.75, 3.05) is 18.2 Å². The zero-order valence-electron chi connectivity index (χ0n) is 16.3. The number of ether oxygens (including phenoxy) is 1. The molecule has 0 fully saturated rings. The average Bonchev–Trinajstić information content (AvgIpc) is 3.38. The highest BCUT2D eigenvalue weighted by molar-refractivity contribution is 7.99. The number of H-pyrrole nitrogens is 1. The van der Waals surface area contributed by atoms with Gasteiger partial charge in [0.25, 0.3) is 5.56 Å². The summed E-state index contributed by atoms with van der Waals surface area (Å²) in [5.41, 5.74) is 2.21. The van der Waals surface area contributed by atoms with E-state index in [1.165, 1.54) is 23.1 Å². The molecule has 1 aromatic carbocycles. The fraction of sp³-hybridized carbons (Fsp3) is 0.200. The van der Waals surface area contributed by atoms with E-state index in [0.717, 1.165) is 11.3 Å². The highest BCUT2D eigenvalue weighted by Crippen LogP contribution is 2.24. The lowest BCUT2D eigenvalue weighted by Crippen LogP contribution is -2.24. The van der Waals surface area contributed by atoms with Crippen LogP contribution in [0, 0.1) is 6.92 Å². The van der Waals surface area contributed by atoms with Crippen molar-refractivity contribution in [3.63, 3.8) is 0 Å². The minimum Gasteiger partial charge on any atom is -0.496 e. The fourth-order valence-electron chi connectivity index (χ4n) is 2.97. The summed E-state index contributed by atoms with van der Waals surface area (Å²) >= 11 is 2.57. The molecule has 3 aromatic heterocycles. The molecule has 3 heterocycles. The van der Waals surface area contributed by atoms with E-state index in [9.17, 15) is 9.59 Å². The number of thioether (sulfide) groups is 1. The number of amides is 1. The molecule has 10 heteroatoms. The van der Waals surface area contributed by atoms with E-state index >= 15 is 0 Å². The van der Waals surface area contributed by atoms with Crippen molar-refractivity contribution in [3.8, 4) is 5.75 Å². The van der Waals surface area contributed by atoms with Crippen molar-refractivity contribution in [1.82, 2.24) is 19.7 Å². The number of aromatic nitrogens is 4. The van der Waals surface area contributed by atoms with Gasteiger partial charge in [0.1, 0.15) is 10.4 Å². The van der Waals surface area contributed by atoms with Crippen molar-refractivity contribution in [1.29, 1.82) is 0 Å². The summed E-state index contributed by atoms with van der Waals surface area (Å²) in [6.07, 6.45) is 0. The van der Waals surface area contributed by atoms with Gasteiger partial charge in [0.15, 0.2) is 11.0 Å². The summed E-state index contributed by atoms with van der Waals surface area (Å²) in [5, 5.41) is 11.8. The normalized spacial score (nSPS) is 11.0.